The lowest BCUT2D eigenvalue weighted by molar-refractivity contribution is -0.117. The van der Waals surface area contributed by atoms with Crippen LogP contribution < -0.4 is 10.1 Å². The summed E-state index contributed by atoms with van der Waals surface area (Å²) in [7, 11) is 3.07. The second kappa shape index (κ2) is 11.2. The number of amides is 2. The van der Waals surface area contributed by atoms with Gasteiger partial charge < -0.3 is 19.7 Å². The zero-order valence-electron chi connectivity index (χ0n) is 21.3. The number of ether oxygens (including phenoxy) is 2. The Bertz CT molecular complexity index is 1180. The Kier molecular flexibility index (Phi) is 8.30. The van der Waals surface area contributed by atoms with E-state index in [4.69, 9.17) is 14.6 Å². The summed E-state index contributed by atoms with van der Waals surface area (Å²) in [6.07, 6.45) is 0. The van der Waals surface area contributed by atoms with Gasteiger partial charge >= 0.3 is 0 Å². The molecule has 0 saturated heterocycles. The molecule has 0 saturated carbocycles. The number of carbonyl (C=O) groups excluding carboxylic acids is 2. The van der Waals surface area contributed by atoms with Gasteiger partial charge in [0, 0.05) is 25.1 Å². The van der Waals surface area contributed by atoms with Crippen molar-refractivity contribution in [1.29, 1.82) is 0 Å². The molecule has 0 aliphatic heterocycles. The van der Waals surface area contributed by atoms with E-state index in [1.165, 1.54) is 12.0 Å². The van der Waals surface area contributed by atoms with E-state index < -0.39 is 0 Å². The molecule has 1 aromatic heterocycles. The smallest absolute Gasteiger partial charge is 0.258 e. The van der Waals surface area contributed by atoms with Crippen LogP contribution >= 0.6 is 0 Å². The number of hydrogen-bond acceptors (Lipinski definition) is 5. The first kappa shape index (κ1) is 26.0. The summed E-state index contributed by atoms with van der Waals surface area (Å²) < 4.78 is 12.3. The highest BCUT2D eigenvalue weighted by Gasteiger charge is 2.25. The molecule has 0 radical (unpaired) electrons. The molecule has 8 nitrogen and oxygen atoms in total. The fourth-order valence-corrected chi connectivity index (χ4v) is 3.62. The summed E-state index contributed by atoms with van der Waals surface area (Å²) in [6.45, 7) is 8.61. The molecule has 0 unspecified atom stereocenters. The van der Waals surface area contributed by atoms with Gasteiger partial charge in [0.15, 0.2) is 0 Å². The van der Waals surface area contributed by atoms with Crippen LogP contribution in [0.4, 0.5) is 5.82 Å². The highest BCUT2D eigenvalue weighted by Crippen LogP contribution is 2.27. The fourth-order valence-electron chi connectivity index (χ4n) is 3.62. The van der Waals surface area contributed by atoms with Crippen molar-refractivity contribution < 1.29 is 19.1 Å². The molecule has 8 heteroatoms. The van der Waals surface area contributed by atoms with Gasteiger partial charge in [0.05, 0.1) is 30.7 Å². The molecular formula is C27H34N4O4. The van der Waals surface area contributed by atoms with Crippen LogP contribution in [0, 0.1) is 6.92 Å². The number of nitrogens with zero attached hydrogens (tertiary/aromatic N) is 3. The molecule has 1 heterocycles. The maximum absolute atomic E-state index is 13.3. The van der Waals surface area contributed by atoms with E-state index in [1.54, 1.807) is 36.1 Å². The van der Waals surface area contributed by atoms with Gasteiger partial charge in [0.25, 0.3) is 5.91 Å². The summed E-state index contributed by atoms with van der Waals surface area (Å²) in [5, 5.41) is 7.75. The van der Waals surface area contributed by atoms with E-state index >= 15 is 0 Å². The second-order valence-electron chi connectivity index (χ2n) is 9.33. The quantitative estimate of drug-likeness (QED) is 0.498. The second-order valence-corrected chi connectivity index (χ2v) is 9.33. The highest BCUT2D eigenvalue weighted by atomic mass is 16.5. The van der Waals surface area contributed by atoms with Crippen molar-refractivity contribution in [3.63, 3.8) is 0 Å². The molecule has 0 bridgehead atoms. The summed E-state index contributed by atoms with van der Waals surface area (Å²) in [4.78, 5) is 27.9. The number of hydrogen-bond donors (Lipinski definition) is 1. The van der Waals surface area contributed by atoms with Crippen molar-refractivity contribution >= 4 is 17.6 Å². The van der Waals surface area contributed by atoms with Gasteiger partial charge in [-0.3, -0.25) is 9.59 Å². The Labute approximate surface area is 206 Å². The minimum atomic E-state index is -0.334. The van der Waals surface area contributed by atoms with Crippen molar-refractivity contribution in [2.75, 3.05) is 39.2 Å². The number of methoxy groups -OCH3 is 2. The molecule has 2 aromatic carbocycles. The van der Waals surface area contributed by atoms with E-state index in [-0.39, 0.29) is 30.3 Å². The average Bonchev–Trinajstić information content (AvgIpc) is 3.25. The first-order chi connectivity index (χ1) is 16.7. The Morgan fingerprint density at radius 3 is 2.40 bits per heavy atom. The molecular weight excluding hydrogens is 444 g/mol. The maximum Gasteiger partial charge on any atom is 0.258 e. The summed E-state index contributed by atoms with van der Waals surface area (Å²) in [6, 6.07) is 16.7. The minimum Gasteiger partial charge on any atom is -0.496 e. The van der Waals surface area contributed by atoms with Crippen LogP contribution in [0.5, 0.6) is 5.75 Å². The van der Waals surface area contributed by atoms with Crippen molar-refractivity contribution in [2.45, 2.75) is 33.1 Å². The predicted octanol–water partition coefficient (Wildman–Crippen LogP) is 4.21. The van der Waals surface area contributed by atoms with E-state index in [0.29, 0.717) is 23.7 Å². The summed E-state index contributed by atoms with van der Waals surface area (Å²) >= 11 is 0. The van der Waals surface area contributed by atoms with Gasteiger partial charge in [-0.05, 0) is 30.7 Å². The molecule has 0 aliphatic rings. The maximum atomic E-state index is 13.3. The van der Waals surface area contributed by atoms with Gasteiger partial charge in [-0.1, -0.05) is 51.1 Å². The number of para-hydroxylation sites is 2. The van der Waals surface area contributed by atoms with Crippen molar-refractivity contribution in [3.8, 4) is 11.4 Å². The van der Waals surface area contributed by atoms with Crippen LogP contribution in [0.25, 0.3) is 5.69 Å². The molecule has 0 spiro atoms. The minimum absolute atomic E-state index is 0.149. The van der Waals surface area contributed by atoms with E-state index in [2.05, 4.69) is 26.1 Å². The Hall–Kier alpha value is -3.65. The van der Waals surface area contributed by atoms with Crippen LogP contribution in [0.2, 0.25) is 0 Å². The van der Waals surface area contributed by atoms with Crippen LogP contribution in [0.1, 0.15) is 42.4 Å². The Balaban J connectivity index is 1.89. The normalized spacial score (nSPS) is 11.3. The number of aromatic nitrogens is 2. The molecule has 1 N–H and O–H groups in total. The number of rotatable bonds is 9. The standard InChI is InChI=1S/C27H34N4O4/c1-19-11-7-9-13-21(19)31-24(17-23(29-31)27(2,3)4)28-25(32)18-30(15-16-34-5)26(33)20-12-8-10-14-22(20)35-6/h7-14,17H,15-16,18H2,1-6H3,(H,28,32). The molecule has 0 fully saturated rings. The first-order valence-corrected chi connectivity index (χ1v) is 11.5. The topological polar surface area (TPSA) is 85.7 Å². The summed E-state index contributed by atoms with van der Waals surface area (Å²) in [5.41, 5.74) is 2.92. The zero-order chi connectivity index (χ0) is 25.6. The number of nitrogens with one attached hydrogen (secondary N) is 1. The third-order valence-electron chi connectivity index (χ3n) is 5.61. The van der Waals surface area contributed by atoms with Gasteiger partial charge in [-0.2, -0.15) is 5.10 Å². The number of benzene rings is 2. The van der Waals surface area contributed by atoms with Gasteiger partial charge in [0.2, 0.25) is 5.91 Å². The SMILES string of the molecule is COCCN(CC(=O)Nc1cc(C(C)(C)C)nn1-c1ccccc1C)C(=O)c1ccccc1OC. The lowest BCUT2D eigenvalue weighted by Crippen LogP contribution is -2.40. The Morgan fingerprint density at radius 2 is 1.74 bits per heavy atom. The highest BCUT2D eigenvalue weighted by molar-refractivity contribution is 6.00. The van der Waals surface area contributed by atoms with Crippen LogP contribution in [0.3, 0.4) is 0 Å². The third-order valence-corrected chi connectivity index (χ3v) is 5.61. The average molecular weight is 479 g/mol. The molecule has 186 valence electrons. The molecule has 3 aromatic rings. The zero-order valence-corrected chi connectivity index (χ0v) is 21.3. The fraction of sp³-hybridized carbons (Fsp3) is 0.370. The van der Waals surface area contributed by atoms with E-state index in [0.717, 1.165) is 16.9 Å². The number of aryl methyl sites for hydroxylation is 1. The first-order valence-electron chi connectivity index (χ1n) is 11.5. The molecule has 3 rings (SSSR count). The Morgan fingerprint density at radius 1 is 1.06 bits per heavy atom. The van der Waals surface area contributed by atoms with Crippen LogP contribution in [-0.2, 0) is 14.9 Å². The number of carbonyl (C=O) groups is 2. The largest absolute Gasteiger partial charge is 0.496 e. The van der Waals surface area contributed by atoms with Crippen molar-refractivity contribution in [1.82, 2.24) is 14.7 Å². The van der Waals surface area contributed by atoms with Gasteiger partial charge in [-0.15, -0.1) is 0 Å². The number of anilines is 1. The van der Waals surface area contributed by atoms with Crippen molar-refractivity contribution in [3.05, 3.63) is 71.4 Å². The van der Waals surface area contributed by atoms with E-state index in [9.17, 15) is 9.59 Å². The summed E-state index contributed by atoms with van der Waals surface area (Å²) in [5.74, 6) is 0.357. The van der Waals surface area contributed by atoms with Crippen LogP contribution in [-0.4, -0.2) is 60.4 Å². The molecule has 0 atom stereocenters. The third kappa shape index (κ3) is 6.27. The van der Waals surface area contributed by atoms with Gasteiger partial charge in [0.1, 0.15) is 18.1 Å². The molecule has 2 amide bonds. The van der Waals surface area contributed by atoms with E-state index in [1.807, 2.05) is 37.3 Å². The monoisotopic (exact) mass is 478 g/mol. The van der Waals surface area contributed by atoms with Crippen LogP contribution in [0.15, 0.2) is 54.6 Å². The van der Waals surface area contributed by atoms with Crippen molar-refractivity contribution in [2.24, 2.45) is 0 Å². The molecule has 35 heavy (non-hydrogen) atoms. The lowest BCUT2D eigenvalue weighted by Gasteiger charge is -2.23. The molecule has 0 aliphatic carbocycles. The lowest BCUT2D eigenvalue weighted by atomic mass is 9.92. The van der Waals surface area contributed by atoms with Gasteiger partial charge in [-0.25, -0.2) is 4.68 Å². The predicted molar refractivity (Wildman–Crippen MR) is 136 cm³/mol.